The van der Waals surface area contributed by atoms with Crippen molar-refractivity contribution in [2.75, 3.05) is 6.61 Å². The summed E-state index contributed by atoms with van der Waals surface area (Å²) in [5, 5.41) is 8.54. The van der Waals surface area contributed by atoms with Crippen molar-refractivity contribution >= 4 is 5.97 Å². The minimum absolute atomic E-state index is 0.379. The van der Waals surface area contributed by atoms with Crippen LogP contribution < -0.4 is 0 Å². The van der Waals surface area contributed by atoms with Gasteiger partial charge in [0.25, 0.3) is 0 Å². The lowest BCUT2D eigenvalue weighted by Crippen LogP contribution is -2.21. The second-order valence-electron chi connectivity index (χ2n) is 2.92. The molecule has 0 spiro atoms. The molecule has 1 aromatic rings. The molecular weight excluding hydrogens is 182 g/mol. The molecule has 76 valence electrons. The average molecular weight is 195 g/mol. The molecule has 0 amide bonds. The summed E-state index contributed by atoms with van der Waals surface area (Å²) in [6.45, 7) is 1.89. The summed E-state index contributed by atoms with van der Waals surface area (Å²) in [4.78, 5) is 14.5. The fourth-order valence-corrected chi connectivity index (χ4v) is 0.958. The molecule has 0 aliphatic rings. The number of aromatic nitrogens is 1. The molecule has 0 saturated carbocycles. The predicted octanol–water partition coefficient (Wildman–Crippen LogP) is 1.11. The Morgan fingerprint density at radius 2 is 2.43 bits per heavy atom. The van der Waals surface area contributed by atoms with Crippen molar-refractivity contribution in [3.05, 3.63) is 30.1 Å². The topological polar surface area (TPSA) is 59.4 Å². The van der Waals surface area contributed by atoms with Crippen LogP contribution in [-0.2, 0) is 16.0 Å². The van der Waals surface area contributed by atoms with Gasteiger partial charge in [0.2, 0.25) is 0 Å². The van der Waals surface area contributed by atoms with Crippen molar-refractivity contribution in [1.29, 1.82) is 0 Å². The fraction of sp³-hybridized carbons (Fsp3) is 0.400. The van der Waals surface area contributed by atoms with E-state index in [4.69, 9.17) is 9.84 Å². The molecule has 0 saturated heterocycles. The summed E-state index contributed by atoms with van der Waals surface area (Å²) in [6.07, 6.45) is 1.59. The molecule has 4 nitrogen and oxygen atoms in total. The molecule has 0 radical (unpaired) electrons. The normalized spacial score (nSPS) is 12.4. The number of carboxylic acids is 1. The van der Waals surface area contributed by atoms with Crippen molar-refractivity contribution in [2.45, 2.75) is 19.4 Å². The van der Waals surface area contributed by atoms with Crippen LogP contribution in [0.2, 0.25) is 0 Å². The standard InChI is InChI=1S/C10H13NO3/c1-8(10(12)13)14-7-5-9-4-2-3-6-11-9/h2-4,6,8H,5,7H2,1H3,(H,12,13)/t8-/m0/s1. The molecule has 0 aliphatic heterocycles. The summed E-state index contributed by atoms with van der Waals surface area (Å²) in [7, 11) is 0. The van der Waals surface area contributed by atoms with Gasteiger partial charge in [-0.1, -0.05) is 6.07 Å². The summed E-state index contributed by atoms with van der Waals surface area (Å²) in [5.41, 5.74) is 0.907. The van der Waals surface area contributed by atoms with E-state index in [0.29, 0.717) is 13.0 Å². The summed E-state index contributed by atoms with van der Waals surface area (Å²) < 4.78 is 5.07. The molecule has 0 aliphatic carbocycles. The fourth-order valence-electron chi connectivity index (χ4n) is 0.958. The van der Waals surface area contributed by atoms with Crippen molar-refractivity contribution < 1.29 is 14.6 Å². The van der Waals surface area contributed by atoms with Gasteiger partial charge in [0.15, 0.2) is 6.10 Å². The van der Waals surface area contributed by atoms with Crippen LogP contribution in [0.25, 0.3) is 0 Å². The van der Waals surface area contributed by atoms with Crippen molar-refractivity contribution in [2.24, 2.45) is 0 Å². The number of nitrogens with zero attached hydrogens (tertiary/aromatic N) is 1. The molecule has 1 atom stereocenters. The lowest BCUT2D eigenvalue weighted by atomic mass is 10.3. The van der Waals surface area contributed by atoms with E-state index in [2.05, 4.69) is 4.98 Å². The molecule has 14 heavy (non-hydrogen) atoms. The highest BCUT2D eigenvalue weighted by Gasteiger charge is 2.10. The highest BCUT2D eigenvalue weighted by atomic mass is 16.5. The molecule has 0 bridgehead atoms. The molecule has 0 unspecified atom stereocenters. The van der Waals surface area contributed by atoms with E-state index >= 15 is 0 Å². The maximum atomic E-state index is 10.4. The van der Waals surface area contributed by atoms with Gasteiger partial charge < -0.3 is 9.84 Å². The Kier molecular flexibility index (Phi) is 4.07. The van der Waals surface area contributed by atoms with E-state index in [1.807, 2.05) is 18.2 Å². The Balaban J connectivity index is 2.26. The monoisotopic (exact) mass is 195 g/mol. The number of hydrogen-bond acceptors (Lipinski definition) is 3. The highest BCUT2D eigenvalue weighted by molar-refractivity contribution is 5.71. The molecule has 1 rings (SSSR count). The SMILES string of the molecule is C[C@H](OCCc1ccccn1)C(=O)O. The number of carbonyl (C=O) groups is 1. The van der Waals surface area contributed by atoms with E-state index < -0.39 is 12.1 Å². The third-order valence-corrected chi connectivity index (χ3v) is 1.80. The van der Waals surface area contributed by atoms with Gasteiger partial charge in [0.05, 0.1) is 6.61 Å². The second-order valence-corrected chi connectivity index (χ2v) is 2.92. The van der Waals surface area contributed by atoms with Crippen LogP contribution in [0.3, 0.4) is 0 Å². The Labute approximate surface area is 82.5 Å². The molecule has 1 aromatic heterocycles. The summed E-state index contributed by atoms with van der Waals surface area (Å²) in [5.74, 6) is -0.939. The average Bonchev–Trinajstić information content (AvgIpc) is 2.19. The second kappa shape index (κ2) is 5.34. The number of rotatable bonds is 5. The number of aliphatic carboxylic acids is 1. The number of ether oxygens (including phenoxy) is 1. The first-order valence-corrected chi connectivity index (χ1v) is 4.44. The molecule has 0 fully saturated rings. The van der Waals surface area contributed by atoms with Crippen LogP contribution in [0.5, 0.6) is 0 Å². The van der Waals surface area contributed by atoms with E-state index in [0.717, 1.165) is 5.69 Å². The van der Waals surface area contributed by atoms with Crippen LogP contribution in [-0.4, -0.2) is 28.8 Å². The Morgan fingerprint density at radius 3 is 3.00 bits per heavy atom. The predicted molar refractivity (Wildman–Crippen MR) is 51.0 cm³/mol. The van der Waals surface area contributed by atoms with E-state index in [9.17, 15) is 4.79 Å². The van der Waals surface area contributed by atoms with Gasteiger partial charge in [0, 0.05) is 18.3 Å². The van der Waals surface area contributed by atoms with Crippen LogP contribution >= 0.6 is 0 Å². The smallest absolute Gasteiger partial charge is 0.332 e. The number of hydrogen-bond donors (Lipinski definition) is 1. The summed E-state index contributed by atoms with van der Waals surface area (Å²) >= 11 is 0. The van der Waals surface area contributed by atoms with Gasteiger partial charge in [0.1, 0.15) is 0 Å². The largest absolute Gasteiger partial charge is 0.479 e. The number of pyridine rings is 1. The van der Waals surface area contributed by atoms with Crippen LogP contribution in [0.1, 0.15) is 12.6 Å². The van der Waals surface area contributed by atoms with Crippen LogP contribution in [0.15, 0.2) is 24.4 Å². The van der Waals surface area contributed by atoms with Crippen LogP contribution in [0, 0.1) is 0 Å². The maximum Gasteiger partial charge on any atom is 0.332 e. The van der Waals surface area contributed by atoms with Crippen molar-refractivity contribution in [1.82, 2.24) is 4.98 Å². The molecule has 0 aromatic carbocycles. The highest BCUT2D eigenvalue weighted by Crippen LogP contribution is 1.97. The van der Waals surface area contributed by atoms with Gasteiger partial charge in [-0.3, -0.25) is 4.98 Å². The van der Waals surface area contributed by atoms with Gasteiger partial charge in [-0.15, -0.1) is 0 Å². The Hall–Kier alpha value is -1.42. The van der Waals surface area contributed by atoms with Gasteiger partial charge >= 0.3 is 5.97 Å². The van der Waals surface area contributed by atoms with Gasteiger partial charge in [-0.25, -0.2) is 4.79 Å². The lowest BCUT2D eigenvalue weighted by Gasteiger charge is -2.07. The molecule has 1 N–H and O–H groups in total. The van der Waals surface area contributed by atoms with Crippen molar-refractivity contribution in [3.63, 3.8) is 0 Å². The lowest BCUT2D eigenvalue weighted by molar-refractivity contribution is -0.149. The zero-order chi connectivity index (χ0) is 10.4. The first-order chi connectivity index (χ1) is 6.70. The Bertz CT molecular complexity index is 287. The van der Waals surface area contributed by atoms with E-state index in [1.54, 1.807) is 6.20 Å². The van der Waals surface area contributed by atoms with Gasteiger partial charge in [-0.2, -0.15) is 0 Å². The zero-order valence-electron chi connectivity index (χ0n) is 8.01. The van der Waals surface area contributed by atoms with Crippen molar-refractivity contribution in [3.8, 4) is 0 Å². The Morgan fingerprint density at radius 1 is 1.64 bits per heavy atom. The third kappa shape index (κ3) is 3.53. The van der Waals surface area contributed by atoms with Gasteiger partial charge in [-0.05, 0) is 19.1 Å². The van der Waals surface area contributed by atoms with E-state index in [-0.39, 0.29) is 0 Å². The molecule has 1 heterocycles. The summed E-state index contributed by atoms with van der Waals surface area (Å²) in [6, 6.07) is 5.61. The quantitative estimate of drug-likeness (QED) is 0.764. The maximum absolute atomic E-state index is 10.4. The first kappa shape index (κ1) is 10.7. The molecule has 4 heteroatoms. The van der Waals surface area contributed by atoms with E-state index in [1.165, 1.54) is 6.92 Å². The minimum Gasteiger partial charge on any atom is -0.479 e. The minimum atomic E-state index is -0.939. The zero-order valence-corrected chi connectivity index (χ0v) is 8.01. The molecular formula is C10H13NO3. The van der Waals surface area contributed by atoms with Crippen LogP contribution in [0.4, 0.5) is 0 Å². The number of carboxylic acid groups (broad SMARTS) is 1. The third-order valence-electron chi connectivity index (χ3n) is 1.80. The first-order valence-electron chi connectivity index (χ1n) is 4.44.